The molecule has 0 aliphatic carbocycles. The number of anilines is 2. The second kappa shape index (κ2) is 7.25. The maximum atomic E-state index is 12.1. The van der Waals surface area contributed by atoms with Crippen molar-refractivity contribution in [2.24, 2.45) is 0 Å². The third-order valence-electron chi connectivity index (χ3n) is 4.14. The van der Waals surface area contributed by atoms with Crippen LogP contribution in [0.4, 0.5) is 11.4 Å². The van der Waals surface area contributed by atoms with E-state index in [2.05, 4.69) is 5.32 Å². The van der Waals surface area contributed by atoms with Gasteiger partial charge >= 0.3 is 0 Å². The molecule has 1 aliphatic heterocycles. The summed E-state index contributed by atoms with van der Waals surface area (Å²) < 4.78 is 10.5. The van der Waals surface area contributed by atoms with Crippen LogP contribution in [0.2, 0.25) is 0 Å². The lowest BCUT2D eigenvalue weighted by molar-refractivity contribution is -0.119. The molecule has 0 saturated carbocycles. The van der Waals surface area contributed by atoms with Gasteiger partial charge in [0.25, 0.3) is 5.91 Å². The molecule has 0 unspecified atom stereocenters. The predicted octanol–water partition coefficient (Wildman–Crippen LogP) is 2.62. The van der Waals surface area contributed by atoms with Gasteiger partial charge in [-0.1, -0.05) is 0 Å². The van der Waals surface area contributed by atoms with Crippen molar-refractivity contribution in [1.29, 1.82) is 0 Å². The van der Waals surface area contributed by atoms with Gasteiger partial charge in [0.1, 0.15) is 11.5 Å². The van der Waals surface area contributed by atoms with Gasteiger partial charge in [0.2, 0.25) is 5.91 Å². The molecule has 2 aromatic rings. The Balaban J connectivity index is 1.58. The Labute approximate surface area is 146 Å². The van der Waals surface area contributed by atoms with Gasteiger partial charge in [0.15, 0.2) is 6.61 Å². The average molecular weight is 340 g/mol. The Bertz CT molecular complexity index is 787. The minimum absolute atomic E-state index is 0.0815. The summed E-state index contributed by atoms with van der Waals surface area (Å²) in [4.78, 5) is 25.4. The summed E-state index contributed by atoms with van der Waals surface area (Å²) in [6.45, 7) is -0.0815. The third-order valence-corrected chi connectivity index (χ3v) is 4.14. The summed E-state index contributed by atoms with van der Waals surface area (Å²) in [7, 11) is 3.36. The number of nitrogens with one attached hydrogen (secondary N) is 1. The number of rotatable bonds is 5. The Hall–Kier alpha value is -3.02. The number of hydrogen-bond donors (Lipinski definition) is 1. The van der Waals surface area contributed by atoms with E-state index in [-0.39, 0.29) is 18.4 Å². The third kappa shape index (κ3) is 3.91. The molecule has 25 heavy (non-hydrogen) atoms. The topological polar surface area (TPSA) is 67.9 Å². The second-order valence-corrected chi connectivity index (χ2v) is 5.81. The lowest BCUT2D eigenvalue weighted by Gasteiger charge is -2.26. The number of ether oxygens (including phenoxy) is 2. The van der Waals surface area contributed by atoms with Crippen molar-refractivity contribution >= 4 is 23.2 Å². The standard InChI is InChI=1S/C19H20N2O4/c1-21-17-9-4-14(11-13(17)3-10-19(21)23)20-18(22)12-25-16-7-5-15(24-2)6-8-16/h4-9,11H,3,10,12H2,1-2H3,(H,20,22). The quantitative estimate of drug-likeness (QED) is 0.908. The van der Waals surface area contributed by atoms with Crippen LogP contribution in [-0.4, -0.2) is 32.6 Å². The van der Waals surface area contributed by atoms with E-state index in [1.54, 1.807) is 49.4 Å². The first-order valence-corrected chi connectivity index (χ1v) is 8.03. The van der Waals surface area contributed by atoms with Gasteiger partial charge in [0.05, 0.1) is 7.11 Å². The Morgan fingerprint density at radius 2 is 1.84 bits per heavy atom. The van der Waals surface area contributed by atoms with Crippen molar-refractivity contribution in [1.82, 2.24) is 0 Å². The van der Waals surface area contributed by atoms with E-state index in [0.717, 1.165) is 17.0 Å². The zero-order valence-corrected chi connectivity index (χ0v) is 14.2. The van der Waals surface area contributed by atoms with Crippen LogP contribution in [0.5, 0.6) is 11.5 Å². The number of methoxy groups -OCH3 is 1. The molecule has 6 nitrogen and oxygen atoms in total. The van der Waals surface area contributed by atoms with Crippen LogP contribution in [0.15, 0.2) is 42.5 Å². The monoisotopic (exact) mass is 340 g/mol. The van der Waals surface area contributed by atoms with Gasteiger partial charge in [-0.25, -0.2) is 0 Å². The number of carbonyl (C=O) groups is 2. The number of carbonyl (C=O) groups excluding carboxylic acids is 2. The molecule has 2 aromatic carbocycles. The first kappa shape index (κ1) is 16.8. The van der Waals surface area contributed by atoms with E-state index in [1.165, 1.54) is 0 Å². The number of aryl methyl sites for hydroxylation is 1. The van der Waals surface area contributed by atoms with Gasteiger partial charge in [0, 0.05) is 24.8 Å². The largest absolute Gasteiger partial charge is 0.497 e. The number of hydrogen-bond acceptors (Lipinski definition) is 4. The highest BCUT2D eigenvalue weighted by atomic mass is 16.5. The number of fused-ring (bicyclic) bond motifs is 1. The molecule has 2 amide bonds. The highest BCUT2D eigenvalue weighted by Crippen LogP contribution is 2.29. The zero-order chi connectivity index (χ0) is 17.8. The van der Waals surface area contributed by atoms with E-state index in [9.17, 15) is 9.59 Å². The first-order chi connectivity index (χ1) is 12.1. The smallest absolute Gasteiger partial charge is 0.262 e. The molecule has 1 N–H and O–H groups in total. The van der Waals surface area contributed by atoms with Crippen molar-refractivity contribution in [2.45, 2.75) is 12.8 Å². The summed E-state index contributed by atoms with van der Waals surface area (Å²) in [6, 6.07) is 12.6. The molecule has 3 rings (SSSR count). The van der Waals surface area contributed by atoms with Gasteiger partial charge in [-0.2, -0.15) is 0 Å². The van der Waals surface area contributed by atoms with Crippen molar-refractivity contribution < 1.29 is 19.1 Å². The number of nitrogens with zero attached hydrogens (tertiary/aromatic N) is 1. The first-order valence-electron chi connectivity index (χ1n) is 8.03. The van der Waals surface area contributed by atoms with Crippen molar-refractivity contribution in [3.05, 3.63) is 48.0 Å². The van der Waals surface area contributed by atoms with Crippen LogP contribution in [0.25, 0.3) is 0 Å². The van der Waals surface area contributed by atoms with E-state index in [1.807, 2.05) is 12.1 Å². The predicted molar refractivity (Wildman–Crippen MR) is 95.3 cm³/mol. The van der Waals surface area contributed by atoms with Gasteiger partial charge in [-0.15, -0.1) is 0 Å². The Morgan fingerprint density at radius 3 is 2.56 bits per heavy atom. The SMILES string of the molecule is COc1ccc(OCC(=O)Nc2ccc3c(c2)CCC(=O)N3C)cc1. The van der Waals surface area contributed by atoms with Crippen LogP contribution in [0.3, 0.4) is 0 Å². The van der Waals surface area contributed by atoms with E-state index >= 15 is 0 Å². The van der Waals surface area contributed by atoms with Crippen LogP contribution < -0.4 is 19.7 Å². The van der Waals surface area contributed by atoms with Gasteiger partial charge < -0.3 is 19.7 Å². The molecule has 6 heteroatoms. The summed E-state index contributed by atoms with van der Waals surface area (Å²) >= 11 is 0. The summed E-state index contributed by atoms with van der Waals surface area (Å²) in [5.74, 6) is 1.20. The minimum Gasteiger partial charge on any atom is -0.497 e. The summed E-state index contributed by atoms with van der Waals surface area (Å²) in [5.41, 5.74) is 2.64. The van der Waals surface area contributed by atoms with Crippen LogP contribution in [0, 0.1) is 0 Å². The molecule has 130 valence electrons. The molecule has 0 atom stereocenters. The zero-order valence-electron chi connectivity index (χ0n) is 14.2. The molecule has 0 fully saturated rings. The maximum absolute atomic E-state index is 12.1. The Kier molecular flexibility index (Phi) is 4.88. The highest BCUT2D eigenvalue weighted by Gasteiger charge is 2.21. The number of benzene rings is 2. The number of amides is 2. The molecular formula is C19H20N2O4. The van der Waals surface area contributed by atoms with E-state index in [4.69, 9.17) is 9.47 Å². The summed E-state index contributed by atoms with van der Waals surface area (Å²) in [6.07, 6.45) is 1.17. The van der Waals surface area contributed by atoms with E-state index < -0.39 is 0 Å². The average Bonchev–Trinajstić information content (AvgIpc) is 2.63. The van der Waals surface area contributed by atoms with Gasteiger partial charge in [-0.3, -0.25) is 9.59 Å². The second-order valence-electron chi connectivity index (χ2n) is 5.81. The fourth-order valence-electron chi connectivity index (χ4n) is 2.75. The fraction of sp³-hybridized carbons (Fsp3) is 0.263. The van der Waals surface area contributed by atoms with Crippen molar-refractivity contribution in [3.63, 3.8) is 0 Å². The van der Waals surface area contributed by atoms with Crippen molar-refractivity contribution in [3.8, 4) is 11.5 Å². The Morgan fingerprint density at radius 1 is 1.12 bits per heavy atom. The molecule has 0 saturated heterocycles. The lowest BCUT2D eigenvalue weighted by Crippen LogP contribution is -2.31. The van der Waals surface area contributed by atoms with Crippen LogP contribution >= 0.6 is 0 Å². The lowest BCUT2D eigenvalue weighted by atomic mass is 10.0. The van der Waals surface area contributed by atoms with Gasteiger partial charge in [-0.05, 0) is 54.4 Å². The van der Waals surface area contributed by atoms with Crippen LogP contribution in [-0.2, 0) is 16.0 Å². The molecule has 0 bridgehead atoms. The summed E-state index contributed by atoms with van der Waals surface area (Å²) in [5, 5.41) is 2.82. The maximum Gasteiger partial charge on any atom is 0.262 e. The van der Waals surface area contributed by atoms with E-state index in [0.29, 0.717) is 24.3 Å². The highest BCUT2D eigenvalue weighted by molar-refractivity contribution is 5.97. The molecule has 1 aliphatic rings. The normalized spacial score (nSPS) is 13.2. The molecule has 0 aromatic heterocycles. The van der Waals surface area contributed by atoms with Crippen molar-refractivity contribution in [2.75, 3.05) is 31.0 Å². The molecular weight excluding hydrogens is 320 g/mol. The molecule has 0 spiro atoms. The molecule has 1 heterocycles. The minimum atomic E-state index is -0.240. The van der Waals surface area contributed by atoms with Crippen LogP contribution in [0.1, 0.15) is 12.0 Å². The molecule has 0 radical (unpaired) electrons. The fourth-order valence-corrected chi connectivity index (χ4v) is 2.75.